The summed E-state index contributed by atoms with van der Waals surface area (Å²) in [6.07, 6.45) is 0.418. The summed E-state index contributed by atoms with van der Waals surface area (Å²) in [5.74, 6) is 0. The highest BCUT2D eigenvalue weighted by atomic mass is 32.2. The number of rotatable bonds is 13. The van der Waals surface area contributed by atoms with Crippen LogP contribution in [-0.4, -0.2) is 51.9 Å². The van der Waals surface area contributed by atoms with Crippen molar-refractivity contribution in [3.8, 4) is 11.1 Å². The van der Waals surface area contributed by atoms with Crippen LogP contribution in [0, 0.1) is 0 Å². The van der Waals surface area contributed by atoms with Gasteiger partial charge in [0.25, 0.3) is 40.5 Å². The van der Waals surface area contributed by atoms with Gasteiger partial charge in [0.15, 0.2) is 0 Å². The van der Waals surface area contributed by atoms with Gasteiger partial charge in [0, 0.05) is 17.7 Å². The van der Waals surface area contributed by atoms with Crippen molar-refractivity contribution in [3.63, 3.8) is 0 Å². The van der Waals surface area contributed by atoms with Crippen LogP contribution in [0.25, 0.3) is 32.7 Å². The minimum absolute atomic E-state index is 0.00603. The summed E-state index contributed by atoms with van der Waals surface area (Å²) in [6, 6.07) is 46.5. The Kier molecular flexibility index (Phi) is 12.5. The molecule has 0 fully saturated rings. The maximum absolute atomic E-state index is 13.2. The summed E-state index contributed by atoms with van der Waals surface area (Å²) < 4.78 is 142. The molecule has 0 atom stereocenters. The lowest BCUT2D eigenvalue weighted by atomic mass is 9.90. The van der Waals surface area contributed by atoms with E-state index in [2.05, 4.69) is 0 Å². The third kappa shape index (κ3) is 9.73. The molecule has 0 aliphatic heterocycles. The minimum Gasteiger partial charge on any atom is -0.282 e. The molecule has 0 spiro atoms. The SMILES string of the molecule is O=S(=O)(O)c1cccc(P(Cc2ccc3cccc(-c4c(CP(c5ccccc5)c5ccccc5)cc(S(=O)(=O)O)c5ccc(S(=O)(=O)O)cc45)c3c2)c2cccc(S(=O)(=O)O)c2)c1. The van der Waals surface area contributed by atoms with Gasteiger partial charge in [-0.1, -0.05) is 127 Å². The smallest absolute Gasteiger partial charge is 0.282 e. The molecule has 326 valence electrons. The van der Waals surface area contributed by atoms with Gasteiger partial charge in [-0.15, -0.1) is 0 Å². The molecular weight excluding hydrogens is 935 g/mol. The van der Waals surface area contributed by atoms with E-state index in [4.69, 9.17) is 0 Å². The zero-order valence-corrected chi connectivity index (χ0v) is 38.2. The van der Waals surface area contributed by atoms with Gasteiger partial charge in [-0.25, -0.2) is 0 Å². The summed E-state index contributed by atoms with van der Waals surface area (Å²) in [7, 11) is -21.9. The molecule has 0 amide bonds. The van der Waals surface area contributed by atoms with E-state index in [1.807, 2.05) is 84.9 Å². The quantitative estimate of drug-likeness (QED) is 0.0640. The fourth-order valence-corrected chi connectivity index (χ4v) is 14.9. The van der Waals surface area contributed by atoms with Crippen molar-refractivity contribution >= 4 is 99.1 Å². The zero-order valence-electron chi connectivity index (χ0n) is 33.2. The predicted molar refractivity (Wildman–Crippen MR) is 252 cm³/mol. The second kappa shape index (κ2) is 17.6. The summed E-state index contributed by atoms with van der Waals surface area (Å²) in [5, 5.41) is 4.34. The van der Waals surface area contributed by atoms with Crippen LogP contribution >= 0.6 is 15.8 Å². The van der Waals surface area contributed by atoms with E-state index >= 15 is 0 Å². The number of hydrogen-bond donors (Lipinski definition) is 4. The van der Waals surface area contributed by atoms with Crippen LogP contribution in [0.1, 0.15) is 11.1 Å². The summed E-state index contributed by atoms with van der Waals surface area (Å²) >= 11 is 0. The molecular formula is C46H36O12P2S4. The summed E-state index contributed by atoms with van der Waals surface area (Å²) in [4.78, 5) is -1.69. The van der Waals surface area contributed by atoms with Crippen LogP contribution < -0.4 is 21.2 Å². The molecule has 8 rings (SSSR count). The van der Waals surface area contributed by atoms with Crippen molar-refractivity contribution in [1.82, 2.24) is 0 Å². The zero-order chi connectivity index (χ0) is 45.6. The molecule has 4 N–H and O–H groups in total. The first-order chi connectivity index (χ1) is 30.3. The van der Waals surface area contributed by atoms with Crippen molar-refractivity contribution in [1.29, 1.82) is 0 Å². The Hall–Kier alpha value is -5.22. The van der Waals surface area contributed by atoms with Crippen LogP contribution in [0.4, 0.5) is 0 Å². The second-order valence-electron chi connectivity index (χ2n) is 14.7. The van der Waals surface area contributed by atoms with Gasteiger partial charge >= 0.3 is 0 Å². The normalized spacial score (nSPS) is 12.7. The Balaban J connectivity index is 1.40. The lowest BCUT2D eigenvalue weighted by Crippen LogP contribution is -2.16. The first-order valence-corrected chi connectivity index (χ1v) is 27.9. The highest BCUT2D eigenvalue weighted by Crippen LogP contribution is 2.47. The van der Waals surface area contributed by atoms with E-state index in [1.165, 1.54) is 54.6 Å². The van der Waals surface area contributed by atoms with E-state index < -0.39 is 66.1 Å². The predicted octanol–water partition coefficient (Wildman–Crippen LogP) is 7.91. The second-order valence-corrected chi connectivity index (χ2v) is 24.8. The molecule has 0 aromatic heterocycles. The molecule has 0 bridgehead atoms. The van der Waals surface area contributed by atoms with Crippen molar-refractivity contribution in [2.45, 2.75) is 31.9 Å². The summed E-state index contributed by atoms with van der Waals surface area (Å²) in [6.45, 7) is 0. The molecule has 8 aromatic rings. The maximum Gasteiger partial charge on any atom is 0.295 e. The molecule has 0 saturated carbocycles. The lowest BCUT2D eigenvalue weighted by Gasteiger charge is -2.24. The highest BCUT2D eigenvalue weighted by molar-refractivity contribution is 7.86. The molecule has 8 aromatic carbocycles. The maximum atomic E-state index is 13.2. The molecule has 0 unspecified atom stereocenters. The molecule has 0 aliphatic carbocycles. The number of fused-ring (bicyclic) bond motifs is 2. The summed E-state index contributed by atoms with van der Waals surface area (Å²) in [5.41, 5.74) is 2.14. The first-order valence-electron chi connectivity index (χ1n) is 19.1. The molecule has 12 nitrogen and oxygen atoms in total. The Bertz CT molecular complexity index is 3460. The van der Waals surface area contributed by atoms with E-state index in [-0.39, 0.29) is 32.9 Å². The van der Waals surface area contributed by atoms with Gasteiger partial charge in [0.05, 0.1) is 14.7 Å². The Morgan fingerprint density at radius 2 is 0.875 bits per heavy atom. The monoisotopic (exact) mass is 970 g/mol. The topological polar surface area (TPSA) is 217 Å². The van der Waals surface area contributed by atoms with Crippen LogP contribution in [0.2, 0.25) is 0 Å². The Labute approximate surface area is 372 Å². The van der Waals surface area contributed by atoms with Gasteiger partial charge < -0.3 is 0 Å². The minimum atomic E-state index is -4.91. The molecule has 0 heterocycles. The largest absolute Gasteiger partial charge is 0.295 e. The van der Waals surface area contributed by atoms with Crippen LogP contribution in [0.5, 0.6) is 0 Å². The molecule has 0 aliphatic rings. The lowest BCUT2D eigenvalue weighted by molar-refractivity contribution is 0.481. The van der Waals surface area contributed by atoms with Crippen molar-refractivity contribution in [3.05, 3.63) is 181 Å². The fourth-order valence-electron chi connectivity index (χ4n) is 7.73. The van der Waals surface area contributed by atoms with E-state index in [0.717, 1.165) is 22.1 Å². The molecule has 0 radical (unpaired) electrons. The van der Waals surface area contributed by atoms with Crippen molar-refractivity contribution < 1.29 is 51.9 Å². The first kappa shape index (κ1) is 45.4. The third-order valence-corrected chi connectivity index (χ3v) is 19.0. The molecule has 18 heteroatoms. The molecule has 64 heavy (non-hydrogen) atoms. The van der Waals surface area contributed by atoms with Gasteiger partial charge in [-0.3, -0.25) is 18.2 Å². The number of benzene rings is 8. The molecule has 0 saturated heterocycles. The average Bonchev–Trinajstić information content (AvgIpc) is 3.26. The van der Waals surface area contributed by atoms with E-state index in [0.29, 0.717) is 38.2 Å². The van der Waals surface area contributed by atoms with Crippen LogP contribution in [0.3, 0.4) is 0 Å². The van der Waals surface area contributed by atoms with Crippen LogP contribution in [0.15, 0.2) is 189 Å². The number of hydrogen-bond acceptors (Lipinski definition) is 8. The van der Waals surface area contributed by atoms with Crippen molar-refractivity contribution in [2.75, 3.05) is 0 Å². The van der Waals surface area contributed by atoms with Gasteiger partial charge in [-0.05, 0) is 118 Å². The Morgan fingerprint density at radius 3 is 1.41 bits per heavy atom. The van der Waals surface area contributed by atoms with Crippen LogP contribution in [-0.2, 0) is 52.8 Å². The highest BCUT2D eigenvalue weighted by Gasteiger charge is 2.27. The van der Waals surface area contributed by atoms with Gasteiger partial charge in [-0.2, -0.15) is 33.7 Å². The van der Waals surface area contributed by atoms with Crippen molar-refractivity contribution in [2.24, 2.45) is 0 Å². The van der Waals surface area contributed by atoms with Gasteiger partial charge in [0.1, 0.15) is 4.90 Å². The van der Waals surface area contributed by atoms with E-state index in [1.54, 1.807) is 24.3 Å². The average molecular weight is 971 g/mol. The van der Waals surface area contributed by atoms with Gasteiger partial charge in [0.2, 0.25) is 0 Å². The standard InChI is InChI=1S/C46H36O12P2S4/c47-61(48,49)38-17-8-15-36(26-38)59(37-16-9-18-39(27-37)62(50,51)52)29-31-20-21-32-10-7-19-42(43(32)24-31)46-33(30-60(34-11-3-1-4-12-34)35-13-5-2-6-14-35)25-45(64(56,57)58)41-23-22-40(28-44(41)46)63(53,54)55/h1-28H,29-30H2,(H,47,48,49)(H,50,51,52)(H,53,54,55)(H,56,57,58). The van der Waals surface area contributed by atoms with E-state index in [9.17, 15) is 51.9 Å². The fraction of sp³-hybridized carbons (Fsp3) is 0.0435. The Morgan fingerprint density at radius 1 is 0.375 bits per heavy atom. The third-order valence-electron chi connectivity index (χ3n) is 10.6.